The number of aliphatic hydroxyl groups is 1. The number of carbonyl (C=O) groups excluding carboxylic acids is 1. The van der Waals surface area contributed by atoms with E-state index in [-0.39, 0.29) is 0 Å². The average molecular weight is 302 g/mol. The molecule has 1 fully saturated rings. The Bertz CT molecular complexity index is 355. The highest BCUT2D eigenvalue weighted by Crippen LogP contribution is 2.28. The molecule has 5 N–H and O–H groups in total. The van der Waals surface area contributed by atoms with Crippen molar-refractivity contribution in [2.75, 3.05) is 0 Å². The summed E-state index contributed by atoms with van der Waals surface area (Å²) >= 11 is 0. The lowest BCUT2D eigenvalue weighted by atomic mass is 9.81. The van der Waals surface area contributed by atoms with Gasteiger partial charge in [-0.25, -0.2) is 4.79 Å². The zero-order valence-corrected chi connectivity index (χ0v) is 12.5. The van der Waals surface area contributed by atoms with Gasteiger partial charge in [0.25, 0.3) is 0 Å². The van der Waals surface area contributed by atoms with Crippen LogP contribution in [0.3, 0.4) is 0 Å². The summed E-state index contributed by atoms with van der Waals surface area (Å²) in [7, 11) is 0. The third kappa shape index (κ3) is 4.66. The number of hydrogen-bond acceptors (Lipinski definition) is 5. The Balaban J connectivity index is 2.75. The van der Waals surface area contributed by atoms with Crippen LogP contribution in [0.4, 0.5) is 0 Å². The molecular formula is C14H26N2O5. The molecule has 1 saturated carbocycles. The number of carboxylic acid groups (broad SMARTS) is 1. The van der Waals surface area contributed by atoms with E-state index in [1.807, 2.05) is 6.92 Å². The lowest BCUT2D eigenvalue weighted by molar-refractivity contribution is -0.149. The average Bonchev–Trinajstić information content (AvgIpc) is 2.50. The molecule has 7 heteroatoms. The van der Waals surface area contributed by atoms with Crippen LogP contribution in [-0.4, -0.2) is 45.0 Å². The van der Waals surface area contributed by atoms with E-state index in [0.717, 1.165) is 25.7 Å². The molecule has 0 aliphatic heterocycles. The SMILES string of the molecule is CCCC[C@H](NC(=O)C1(NO)CCCCC1)C(O)C(=O)O. The highest BCUT2D eigenvalue weighted by Gasteiger charge is 2.41. The van der Waals surface area contributed by atoms with Crippen LogP contribution in [0, 0.1) is 0 Å². The normalized spacial score (nSPS) is 20.5. The minimum absolute atomic E-state index is 0.386. The van der Waals surface area contributed by atoms with Crippen LogP contribution in [0.25, 0.3) is 0 Å². The van der Waals surface area contributed by atoms with E-state index in [1.54, 1.807) is 0 Å². The van der Waals surface area contributed by atoms with Crippen LogP contribution in [0.15, 0.2) is 0 Å². The second-order valence-electron chi connectivity index (χ2n) is 5.76. The molecule has 1 rings (SSSR count). The van der Waals surface area contributed by atoms with Crippen molar-refractivity contribution in [3.05, 3.63) is 0 Å². The highest BCUT2D eigenvalue weighted by molar-refractivity contribution is 5.87. The monoisotopic (exact) mass is 302 g/mol. The van der Waals surface area contributed by atoms with Gasteiger partial charge in [-0.3, -0.25) is 4.79 Å². The summed E-state index contributed by atoms with van der Waals surface area (Å²) in [6.07, 6.45) is 3.93. The Hall–Kier alpha value is -1.18. The van der Waals surface area contributed by atoms with Crippen molar-refractivity contribution in [2.45, 2.75) is 76.0 Å². The minimum Gasteiger partial charge on any atom is -0.479 e. The Morgan fingerprint density at radius 3 is 2.33 bits per heavy atom. The molecule has 2 atom stereocenters. The van der Waals surface area contributed by atoms with E-state index < -0.39 is 29.6 Å². The molecule has 0 saturated heterocycles. The second kappa shape index (κ2) is 8.31. The summed E-state index contributed by atoms with van der Waals surface area (Å²) in [6.45, 7) is 1.95. The molecule has 1 aliphatic carbocycles. The zero-order valence-electron chi connectivity index (χ0n) is 12.5. The quantitative estimate of drug-likeness (QED) is 0.423. The molecule has 0 aromatic rings. The molecule has 1 aliphatic rings. The Morgan fingerprint density at radius 2 is 1.86 bits per heavy atom. The van der Waals surface area contributed by atoms with Crippen LogP contribution in [0.5, 0.6) is 0 Å². The molecule has 1 unspecified atom stereocenters. The third-order valence-corrected chi connectivity index (χ3v) is 4.18. The van der Waals surface area contributed by atoms with Gasteiger partial charge in [-0.05, 0) is 19.3 Å². The van der Waals surface area contributed by atoms with E-state index in [2.05, 4.69) is 10.8 Å². The zero-order chi connectivity index (χ0) is 15.9. The molecule has 0 radical (unpaired) electrons. The maximum absolute atomic E-state index is 12.4. The van der Waals surface area contributed by atoms with Gasteiger partial charge in [0, 0.05) is 0 Å². The summed E-state index contributed by atoms with van der Waals surface area (Å²) in [5.41, 5.74) is 1.04. The van der Waals surface area contributed by atoms with Crippen molar-refractivity contribution < 1.29 is 25.0 Å². The standard InChI is InChI=1S/C14H26N2O5/c1-2-3-7-10(11(17)12(18)19)15-13(20)14(16-21)8-5-4-6-9-14/h10-11,16-17,21H,2-9H2,1H3,(H,15,20)(H,18,19)/t10-,11?/m0/s1. The first-order valence-electron chi connectivity index (χ1n) is 7.60. The fourth-order valence-corrected chi connectivity index (χ4v) is 2.76. The first kappa shape index (κ1) is 17.9. The van der Waals surface area contributed by atoms with Crippen LogP contribution < -0.4 is 10.8 Å². The van der Waals surface area contributed by atoms with Gasteiger partial charge in [0.1, 0.15) is 5.54 Å². The molecule has 0 heterocycles. The molecule has 7 nitrogen and oxygen atoms in total. The smallest absolute Gasteiger partial charge is 0.334 e. The van der Waals surface area contributed by atoms with E-state index in [1.165, 1.54) is 0 Å². The van der Waals surface area contributed by atoms with Crippen molar-refractivity contribution >= 4 is 11.9 Å². The van der Waals surface area contributed by atoms with E-state index in [4.69, 9.17) is 5.11 Å². The van der Waals surface area contributed by atoms with Crippen LogP contribution in [-0.2, 0) is 9.59 Å². The fourth-order valence-electron chi connectivity index (χ4n) is 2.76. The number of hydrogen-bond donors (Lipinski definition) is 5. The maximum Gasteiger partial charge on any atom is 0.334 e. The van der Waals surface area contributed by atoms with Crippen molar-refractivity contribution in [1.29, 1.82) is 0 Å². The predicted octanol–water partition coefficient (Wildman–Crippen LogP) is 0.789. The number of carboxylic acids is 1. The van der Waals surface area contributed by atoms with Crippen molar-refractivity contribution in [2.24, 2.45) is 0 Å². The summed E-state index contributed by atoms with van der Waals surface area (Å²) in [4.78, 5) is 23.4. The number of aliphatic carboxylic acids is 1. The molecule has 122 valence electrons. The van der Waals surface area contributed by atoms with Crippen molar-refractivity contribution in [3.8, 4) is 0 Å². The van der Waals surface area contributed by atoms with Gasteiger partial charge >= 0.3 is 5.97 Å². The third-order valence-electron chi connectivity index (χ3n) is 4.18. The number of rotatable bonds is 8. The second-order valence-corrected chi connectivity index (χ2v) is 5.76. The number of hydroxylamine groups is 1. The summed E-state index contributed by atoms with van der Waals surface area (Å²) < 4.78 is 0. The Kier molecular flexibility index (Phi) is 7.07. The summed E-state index contributed by atoms with van der Waals surface area (Å²) in [5, 5.41) is 30.6. The van der Waals surface area contributed by atoms with E-state index in [0.29, 0.717) is 25.7 Å². The number of unbranched alkanes of at least 4 members (excludes halogenated alkanes) is 1. The molecule has 0 aromatic heterocycles. The lowest BCUT2D eigenvalue weighted by Gasteiger charge is -2.36. The first-order valence-corrected chi connectivity index (χ1v) is 7.60. The number of aliphatic hydroxyl groups excluding tert-OH is 1. The van der Waals surface area contributed by atoms with Gasteiger partial charge in [-0.1, -0.05) is 39.0 Å². The van der Waals surface area contributed by atoms with Crippen LogP contribution in [0.1, 0.15) is 58.3 Å². The van der Waals surface area contributed by atoms with Gasteiger partial charge < -0.3 is 20.7 Å². The van der Waals surface area contributed by atoms with Gasteiger partial charge in [0.15, 0.2) is 6.10 Å². The van der Waals surface area contributed by atoms with E-state index >= 15 is 0 Å². The van der Waals surface area contributed by atoms with E-state index in [9.17, 15) is 19.9 Å². The van der Waals surface area contributed by atoms with Crippen molar-refractivity contribution in [3.63, 3.8) is 0 Å². The maximum atomic E-state index is 12.4. The van der Waals surface area contributed by atoms with Gasteiger partial charge in [0.2, 0.25) is 5.91 Å². The molecule has 0 aromatic carbocycles. The van der Waals surface area contributed by atoms with Gasteiger partial charge in [-0.15, -0.1) is 0 Å². The fraction of sp³-hybridized carbons (Fsp3) is 0.857. The molecule has 0 spiro atoms. The van der Waals surface area contributed by atoms with Crippen LogP contribution in [0.2, 0.25) is 0 Å². The topological polar surface area (TPSA) is 119 Å². The first-order chi connectivity index (χ1) is 9.96. The summed E-state index contributed by atoms with van der Waals surface area (Å²) in [5.74, 6) is -1.79. The number of amides is 1. The molecule has 1 amide bonds. The number of carbonyl (C=O) groups is 2. The summed E-state index contributed by atoms with van der Waals surface area (Å²) in [6, 6.07) is -0.845. The Morgan fingerprint density at radius 1 is 1.24 bits per heavy atom. The minimum atomic E-state index is -1.64. The van der Waals surface area contributed by atoms with Crippen molar-refractivity contribution in [1.82, 2.24) is 10.8 Å². The lowest BCUT2D eigenvalue weighted by Crippen LogP contribution is -2.60. The van der Waals surface area contributed by atoms with Gasteiger partial charge in [0.05, 0.1) is 6.04 Å². The molecule has 0 bridgehead atoms. The molecule has 21 heavy (non-hydrogen) atoms. The molecular weight excluding hydrogens is 276 g/mol. The number of nitrogens with one attached hydrogen (secondary N) is 2. The largest absolute Gasteiger partial charge is 0.479 e. The Labute approximate surface area is 124 Å². The highest BCUT2D eigenvalue weighted by atomic mass is 16.5. The van der Waals surface area contributed by atoms with Crippen LogP contribution >= 0.6 is 0 Å². The predicted molar refractivity (Wildman–Crippen MR) is 75.8 cm³/mol. The van der Waals surface area contributed by atoms with Gasteiger partial charge in [-0.2, -0.15) is 5.48 Å².